The predicted molar refractivity (Wildman–Crippen MR) is 113 cm³/mol. The Morgan fingerprint density at radius 3 is 2.21 bits per heavy atom. The molecule has 2 aromatic carbocycles. The highest BCUT2D eigenvalue weighted by Crippen LogP contribution is 2.63. The SMILES string of the molecule is CC1(C(=O)O)CCC(C)(C(=O)Nc2cc(Cl)ccc2Oc2ccccc2)C1(C)C. The first-order valence-electron chi connectivity index (χ1n) is 9.58. The average Bonchev–Trinajstić information content (AvgIpc) is 2.86. The number of carboxylic acid groups (broad SMARTS) is 1. The molecule has 1 aliphatic carbocycles. The van der Waals surface area contributed by atoms with Crippen LogP contribution in [0, 0.1) is 16.2 Å². The van der Waals surface area contributed by atoms with Crippen molar-refractivity contribution in [1.82, 2.24) is 0 Å². The van der Waals surface area contributed by atoms with Gasteiger partial charge in [-0.25, -0.2) is 0 Å². The Bertz CT molecular complexity index is 943. The predicted octanol–water partition coefficient (Wildman–Crippen LogP) is 5.99. The van der Waals surface area contributed by atoms with Gasteiger partial charge in [0.2, 0.25) is 5.91 Å². The highest BCUT2D eigenvalue weighted by Gasteiger charge is 2.64. The van der Waals surface area contributed by atoms with Crippen LogP contribution < -0.4 is 10.1 Å². The van der Waals surface area contributed by atoms with Crippen molar-refractivity contribution in [1.29, 1.82) is 0 Å². The van der Waals surface area contributed by atoms with Crippen molar-refractivity contribution in [2.24, 2.45) is 16.2 Å². The molecule has 0 saturated heterocycles. The molecule has 0 bridgehead atoms. The molecule has 29 heavy (non-hydrogen) atoms. The van der Waals surface area contributed by atoms with Crippen LogP contribution in [0.4, 0.5) is 5.69 Å². The Labute approximate surface area is 176 Å². The molecule has 0 heterocycles. The molecule has 6 heteroatoms. The number of halogens is 1. The summed E-state index contributed by atoms with van der Waals surface area (Å²) >= 11 is 6.16. The van der Waals surface area contributed by atoms with E-state index in [1.54, 1.807) is 25.1 Å². The summed E-state index contributed by atoms with van der Waals surface area (Å²) in [5, 5.41) is 13.2. The van der Waals surface area contributed by atoms with Crippen LogP contribution >= 0.6 is 11.6 Å². The fourth-order valence-corrected chi connectivity index (χ4v) is 4.24. The average molecular weight is 416 g/mol. The molecule has 1 saturated carbocycles. The first kappa shape index (κ1) is 21.2. The zero-order valence-corrected chi connectivity index (χ0v) is 17.8. The second kappa shape index (κ2) is 7.38. The first-order valence-corrected chi connectivity index (χ1v) is 9.96. The van der Waals surface area contributed by atoms with Crippen LogP contribution in [0.1, 0.15) is 40.5 Å². The van der Waals surface area contributed by atoms with Crippen molar-refractivity contribution in [3.63, 3.8) is 0 Å². The second-order valence-electron chi connectivity index (χ2n) is 8.60. The van der Waals surface area contributed by atoms with Crippen molar-refractivity contribution < 1.29 is 19.4 Å². The van der Waals surface area contributed by atoms with E-state index >= 15 is 0 Å². The van der Waals surface area contributed by atoms with E-state index in [2.05, 4.69) is 5.32 Å². The topological polar surface area (TPSA) is 75.6 Å². The van der Waals surface area contributed by atoms with E-state index in [0.717, 1.165) is 0 Å². The molecule has 0 aliphatic heterocycles. The van der Waals surface area contributed by atoms with Gasteiger partial charge in [0.1, 0.15) is 5.75 Å². The lowest BCUT2D eigenvalue weighted by Gasteiger charge is -2.44. The van der Waals surface area contributed by atoms with E-state index in [-0.39, 0.29) is 5.91 Å². The largest absolute Gasteiger partial charge is 0.481 e. The summed E-state index contributed by atoms with van der Waals surface area (Å²) in [6.45, 7) is 7.26. The molecule has 0 spiro atoms. The Balaban J connectivity index is 1.91. The van der Waals surface area contributed by atoms with Crippen molar-refractivity contribution in [3.05, 3.63) is 53.6 Å². The molecule has 1 aliphatic rings. The number of hydrogen-bond acceptors (Lipinski definition) is 3. The number of anilines is 1. The Kier molecular flexibility index (Phi) is 5.39. The van der Waals surface area contributed by atoms with Crippen LogP contribution in [0.5, 0.6) is 11.5 Å². The van der Waals surface area contributed by atoms with Gasteiger partial charge in [-0.2, -0.15) is 0 Å². The van der Waals surface area contributed by atoms with E-state index in [9.17, 15) is 14.7 Å². The van der Waals surface area contributed by atoms with Crippen LogP contribution in [0.3, 0.4) is 0 Å². The van der Waals surface area contributed by atoms with E-state index in [0.29, 0.717) is 35.1 Å². The summed E-state index contributed by atoms with van der Waals surface area (Å²) in [6, 6.07) is 14.3. The summed E-state index contributed by atoms with van der Waals surface area (Å²) in [4.78, 5) is 25.3. The molecule has 1 fully saturated rings. The molecule has 2 N–H and O–H groups in total. The van der Waals surface area contributed by atoms with Gasteiger partial charge in [0.05, 0.1) is 16.5 Å². The normalized spacial score (nSPS) is 25.4. The maximum absolute atomic E-state index is 13.4. The molecule has 2 unspecified atom stereocenters. The van der Waals surface area contributed by atoms with Gasteiger partial charge in [-0.15, -0.1) is 0 Å². The third-order valence-electron chi connectivity index (χ3n) is 7.02. The fourth-order valence-electron chi connectivity index (χ4n) is 4.07. The van der Waals surface area contributed by atoms with Crippen LogP contribution in [-0.4, -0.2) is 17.0 Å². The molecule has 2 atom stereocenters. The van der Waals surface area contributed by atoms with E-state index < -0.39 is 22.2 Å². The van der Waals surface area contributed by atoms with Crippen LogP contribution in [0.15, 0.2) is 48.5 Å². The zero-order valence-electron chi connectivity index (χ0n) is 17.1. The molecule has 5 nitrogen and oxygen atoms in total. The first-order chi connectivity index (χ1) is 13.5. The Morgan fingerprint density at radius 1 is 1.00 bits per heavy atom. The van der Waals surface area contributed by atoms with E-state index in [4.69, 9.17) is 16.3 Å². The monoisotopic (exact) mass is 415 g/mol. The number of benzene rings is 2. The molecule has 0 aromatic heterocycles. The van der Waals surface area contributed by atoms with Gasteiger partial charge in [0.25, 0.3) is 0 Å². The van der Waals surface area contributed by atoms with Crippen LogP contribution in [0.25, 0.3) is 0 Å². The number of hydrogen-bond donors (Lipinski definition) is 2. The maximum atomic E-state index is 13.4. The Hall–Kier alpha value is -2.53. The third kappa shape index (κ3) is 3.48. The lowest BCUT2D eigenvalue weighted by Crippen LogP contribution is -2.49. The number of carboxylic acids is 1. The maximum Gasteiger partial charge on any atom is 0.309 e. The van der Waals surface area contributed by atoms with Gasteiger partial charge < -0.3 is 15.2 Å². The molecular formula is C23H26ClNO4. The molecule has 3 rings (SSSR count). The minimum Gasteiger partial charge on any atom is -0.481 e. The van der Waals surface area contributed by atoms with Gasteiger partial charge in [-0.3, -0.25) is 9.59 Å². The fraction of sp³-hybridized carbons (Fsp3) is 0.391. The third-order valence-corrected chi connectivity index (χ3v) is 7.25. The summed E-state index contributed by atoms with van der Waals surface area (Å²) in [6.07, 6.45) is 0.909. The van der Waals surface area contributed by atoms with Gasteiger partial charge >= 0.3 is 5.97 Å². The number of amides is 1. The van der Waals surface area contributed by atoms with Gasteiger partial charge in [-0.1, -0.05) is 50.6 Å². The van der Waals surface area contributed by atoms with Gasteiger partial charge in [0.15, 0.2) is 5.75 Å². The highest BCUT2D eigenvalue weighted by molar-refractivity contribution is 6.31. The smallest absolute Gasteiger partial charge is 0.309 e. The Morgan fingerprint density at radius 2 is 1.62 bits per heavy atom. The molecule has 154 valence electrons. The minimum absolute atomic E-state index is 0.243. The van der Waals surface area contributed by atoms with E-state index in [1.165, 1.54) is 0 Å². The molecular weight excluding hydrogens is 390 g/mol. The number of ether oxygens (including phenoxy) is 1. The standard InChI is InChI=1S/C23H26ClNO4/c1-21(2)22(3,12-13-23(21,4)20(27)28)19(26)25-17-14-15(24)10-11-18(17)29-16-8-6-5-7-9-16/h5-11,14H,12-13H2,1-4H3,(H,25,26)(H,27,28). The number of rotatable bonds is 5. The number of aliphatic carboxylic acids is 1. The molecule has 0 radical (unpaired) electrons. The number of para-hydroxylation sites is 1. The van der Waals surface area contributed by atoms with Gasteiger partial charge in [-0.05, 0) is 55.5 Å². The second-order valence-corrected chi connectivity index (χ2v) is 9.04. The lowest BCUT2D eigenvalue weighted by atomic mass is 9.59. The van der Waals surface area contributed by atoms with E-state index in [1.807, 2.05) is 51.1 Å². The van der Waals surface area contributed by atoms with Crippen molar-refractivity contribution in [3.8, 4) is 11.5 Å². The zero-order chi connectivity index (χ0) is 21.4. The number of carbonyl (C=O) groups is 2. The highest BCUT2D eigenvalue weighted by atomic mass is 35.5. The quantitative estimate of drug-likeness (QED) is 0.629. The summed E-state index contributed by atoms with van der Waals surface area (Å²) in [5.41, 5.74) is -2.16. The van der Waals surface area contributed by atoms with Crippen molar-refractivity contribution >= 4 is 29.2 Å². The van der Waals surface area contributed by atoms with Gasteiger partial charge in [0, 0.05) is 5.02 Å². The van der Waals surface area contributed by atoms with Crippen LogP contribution in [0.2, 0.25) is 5.02 Å². The number of nitrogens with one attached hydrogen (secondary N) is 1. The molecule has 1 amide bonds. The summed E-state index contributed by atoms with van der Waals surface area (Å²) in [5.74, 6) is -0.0203. The number of carbonyl (C=O) groups excluding carboxylic acids is 1. The molecule has 2 aromatic rings. The lowest BCUT2D eigenvalue weighted by molar-refractivity contribution is -0.157. The van der Waals surface area contributed by atoms with Crippen LogP contribution in [-0.2, 0) is 9.59 Å². The minimum atomic E-state index is -0.989. The van der Waals surface area contributed by atoms with Crippen molar-refractivity contribution in [2.45, 2.75) is 40.5 Å². The summed E-state index contributed by atoms with van der Waals surface area (Å²) < 4.78 is 5.92. The van der Waals surface area contributed by atoms with Crippen molar-refractivity contribution in [2.75, 3.05) is 5.32 Å². The summed E-state index contributed by atoms with van der Waals surface area (Å²) in [7, 11) is 0.